The van der Waals surface area contributed by atoms with Gasteiger partial charge in [0.15, 0.2) is 5.75 Å². The zero-order valence-corrected chi connectivity index (χ0v) is 30.4. The largest absolute Gasteiger partial charge is 0.498 e. The van der Waals surface area contributed by atoms with Crippen molar-refractivity contribution in [3.8, 4) is 23.1 Å². The van der Waals surface area contributed by atoms with E-state index in [2.05, 4.69) is 10.2 Å². The number of nitro groups is 1. The predicted molar refractivity (Wildman–Crippen MR) is 195 cm³/mol. The summed E-state index contributed by atoms with van der Waals surface area (Å²) in [6.45, 7) is 1.14. The zero-order valence-electron chi connectivity index (χ0n) is 28.8. The number of methoxy groups -OCH3 is 2. The SMILES string of the molecule is COc1cc(S(=O)(=O)O)c2ccccc2c1[N-][NH+]1c2c(n[nH]c2C)OCOc2ccc([N+](=O)[O-])cc2[NH+]1[N-]c1c(S(=O)(=O)O)cc2ccc(N)cc2c1OC. The molecule has 1 aliphatic rings. The van der Waals surface area contributed by atoms with E-state index in [0.29, 0.717) is 16.5 Å². The van der Waals surface area contributed by atoms with E-state index >= 15 is 0 Å². The van der Waals surface area contributed by atoms with E-state index < -0.39 is 53.1 Å². The first-order chi connectivity index (χ1) is 26.1. The minimum Gasteiger partial charge on any atom is -0.498 e. The molecule has 0 bridgehead atoms. The second-order valence-electron chi connectivity index (χ2n) is 12.0. The number of benzene rings is 5. The maximum absolute atomic E-state index is 13.1. The summed E-state index contributed by atoms with van der Waals surface area (Å²) in [5.41, 5.74) is 15.6. The van der Waals surface area contributed by atoms with Crippen molar-refractivity contribution in [2.45, 2.75) is 16.7 Å². The van der Waals surface area contributed by atoms with Gasteiger partial charge in [-0.05, 0) is 53.3 Å². The first-order valence-electron chi connectivity index (χ1n) is 15.8. The smallest absolute Gasteiger partial charge is 0.303 e. The van der Waals surface area contributed by atoms with Crippen molar-refractivity contribution in [3.63, 3.8) is 0 Å². The van der Waals surface area contributed by atoms with E-state index in [0.717, 1.165) is 18.2 Å². The number of nitrogens with zero attached hydrogens (tertiary/aromatic N) is 4. The van der Waals surface area contributed by atoms with Crippen LogP contribution in [-0.4, -0.2) is 62.1 Å². The van der Waals surface area contributed by atoms with Crippen molar-refractivity contribution >= 4 is 75.9 Å². The number of nitrogen functional groups attached to an aromatic ring is 1. The van der Waals surface area contributed by atoms with E-state index in [1.807, 2.05) is 0 Å². The van der Waals surface area contributed by atoms with E-state index in [-0.39, 0.29) is 66.9 Å². The summed E-state index contributed by atoms with van der Waals surface area (Å²) in [7, 11) is -7.38. The van der Waals surface area contributed by atoms with E-state index in [1.54, 1.807) is 19.1 Å². The molecule has 0 radical (unpaired) electrons. The third kappa shape index (κ3) is 6.68. The van der Waals surface area contributed by atoms with Crippen LogP contribution < -0.4 is 34.9 Å². The molecule has 1 aromatic heterocycles. The molecule has 0 saturated carbocycles. The molecule has 55 heavy (non-hydrogen) atoms. The van der Waals surface area contributed by atoms with Crippen LogP contribution in [0.15, 0.2) is 82.6 Å². The number of hydrogen-bond acceptors (Lipinski definition) is 12. The molecule has 0 spiro atoms. The Bertz CT molecular complexity index is 2760. The minimum absolute atomic E-state index is 0.0138. The Balaban J connectivity index is 1.59. The number of nitrogens with two attached hydrogens (primary N) is 1. The second kappa shape index (κ2) is 13.8. The normalized spacial score (nSPS) is 15.7. The standard InChI is InChI=1S/C33H30N8O12S2/c1-17-31-33(36-35-17)53-16-52-25-11-10-20(41(42)43)14-24(25)39(38-30-28(55(47,48)49)12-18-8-9-19(34)13-23(18)32(30)51-3)40(31)37-29-22-7-5-4-6-21(22)27(54(44,45)46)15-26(29)50-2/h4-15,39-40H,16,34H2,1-3H3,(H,35,36)(H,44,45,46)(H,47,48,49). The van der Waals surface area contributed by atoms with Crippen molar-refractivity contribution in [2.75, 3.05) is 26.7 Å². The number of aromatic amines is 1. The lowest BCUT2D eigenvalue weighted by atomic mass is 10.1. The third-order valence-electron chi connectivity index (χ3n) is 8.64. The topological polar surface area (TPSA) is 281 Å². The quantitative estimate of drug-likeness (QED) is 0.0528. The fourth-order valence-electron chi connectivity index (χ4n) is 6.21. The number of nitro benzene ring substituents is 1. The van der Waals surface area contributed by atoms with Crippen molar-refractivity contribution in [1.82, 2.24) is 10.2 Å². The number of ether oxygens (including phenoxy) is 4. The summed E-state index contributed by atoms with van der Waals surface area (Å²) in [5, 5.41) is 19.6. The van der Waals surface area contributed by atoms with Crippen LogP contribution in [0.4, 0.5) is 34.1 Å². The Kier molecular flexibility index (Phi) is 9.24. The Labute approximate surface area is 311 Å². The van der Waals surface area contributed by atoms with Gasteiger partial charge in [0.25, 0.3) is 31.6 Å². The highest BCUT2D eigenvalue weighted by Gasteiger charge is 2.34. The number of non-ortho nitro benzene ring substituents is 1. The molecule has 6 aromatic rings. The first kappa shape index (κ1) is 36.9. The van der Waals surface area contributed by atoms with Crippen LogP contribution in [0, 0.1) is 17.0 Å². The van der Waals surface area contributed by atoms with Gasteiger partial charge in [-0.2, -0.15) is 27.1 Å². The van der Waals surface area contributed by atoms with Gasteiger partial charge in [-0.25, -0.2) is 0 Å². The van der Waals surface area contributed by atoms with Crippen LogP contribution in [0.25, 0.3) is 32.4 Å². The number of aryl methyl sites for hydroxylation is 1. The molecule has 1 aliphatic heterocycles. The van der Waals surface area contributed by atoms with E-state index in [4.69, 9.17) is 35.5 Å². The average Bonchev–Trinajstić information content (AvgIpc) is 3.52. The minimum atomic E-state index is -5.07. The molecule has 2 atom stereocenters. The lowest BCUT2D eigenvalue weighted by Crippen LogP contribution is -3.51. The second-order valence-corrected chi connectivity index (χ2v) is 14.7. The average molecular weight is 795 g/mol. The molecule has 22 heteroatoms. The molecule has 5 aromatic carbocycles. The Morgan fingerprint density at radius 1 is 0.873 bits per heavy atom. The molecule has 0 aliphatic carbocycles. The molecule has 0 fully saturated rings. The van der Waals surface area contributed by atoms with Crippen molar-refractivity contribution < 1.29 is 60.0 Å². The summed E-state index contributed by atoms with van der Waals surface area (Å²) in [6, 6.07) is 16.4. The van der Waals surface area contributed by atoms with Gasteiger partial charge in [-0.1, -0.05) is 30.3 Å². The first-order valence-corrected chi connectivity index (χ1v) is 18.7. The number of aromatic nitrogens is 2. The van der Waals surface area contributed by atoms with Gasteiger partial charge in [0.1, 0.15) is 22.1 Å². The molecule has 2 heterocycles. The van der Waals surface area contributed by atoms with Crippen LogP contribution in [0.5, 0.6) is 23.1 Å². The van der Waals surface area contributed by atoms with E-state index in [9.17, 15) is 36.1 Å². The highest BCUT2D eigenvalue weighted by atomic mass is 32.2. The summed E-state index contributed by atoms with van der Waals surface area (Å²) in [6.07, 6.45) is 0. The zero-order chi connectivity index (χ0) is 39.4. The lowest BCUT2D eigenvalue weighted by molar-refractivity contribution is -1.41. The number of quaternary nitrogens is 2. The van der Waals surface area contributed by atoms with Crippen molar-refractivity contribution in [3.05, 3.63) is 99.5 Å². The summed E-state index contributed by atoms with van der Waals surface area (Å²) < 4.78 is 95.2. The number of rotatable bonds is 9. The van der Waals surface area contributed by atoms with Crippen LogP contribution in [-0.2, 0) is 20.2 Å². The van der Waals surface area contributed by atoms with Crippen LogP contribution >= 0.6 is 0 Å². The van der Waals surface area contributed by atoms with Gasteiger partial charge in [-0.15, -0.1) is 5.10 Å². The molecule has 0 amide bonds. The Hall–Kier alpha value is -6.43. The highest BCUT2D eigenvalue weighted by molar-refractivity contribution is 7.86. The summed E-state index contributed by atoms with van der Waals surface area (Å²) in [4.78, 5) is 10.3. The maximum Gasteiger partial charge on any atom is 0.303 e. The Morgan fingerprint density at radius 2 is 1.58 bits per heavy atom. The van der Waals surface area contributed by atoms with Crippen LogP contribution in [0.3, 0.4) is 0 Å². The molecule has 20 nitrogen and oxygen atoms in total. The molecule has 7 N–H and O–H groups in total. The van der Waals surface area contributed by atoms with E-state index in [1.165, 1.54) is 56.7 Å². The third-order valence-corrected chi connectivity index (χ3v) is 10.4. The molecular weight excluding hydrogens is 765 g/mol. The predicted octanol–water partition coefficient (Wildman–Crippen LogP) is 3.64. The number of fused-ring (bicyclic) bond motifs is 4. The van der Waals surface area contributed by atoms with Gasteiger partial charge >= 0.3 is 5.88 Å². The summed E-state index contributed by atoms with van der Waals surface area (Å²) in [5.74, 6) is -0.412. The fraction of sp³-hybridized carbons (Fsp3) is 0.121. The monoisotopic (exact) mass is 794 g/mol. The number of nitrogens with one attached hydrogen (secondary N) is 3. The number of hydrogen-bond donors (Lipinski definition) is 6. The van der Waals surface area contributed by atoms with Gasteiger partial charge < -0.3 is 35.5 Å². The molecule has 7 rings (SSSR count). The molecular formula is C33H30N8O12S2. The van der Waals surface area contributed by atoms with Gasteiger partial charge in [0, 0.05) is 28.6 Å². The highest BCUT2D eigenvalue weighted by Crippen LogP contribution is 2.45. The fourth-order valence-corrected chi connectivity index (χ4v) is 7.58. The maximum atomic E-state index is 13.1. The lowest BCUT2D eigenvalue weighted by Gasteiger charge is -2.43. The van der Waals surface area contributed by atoms with Crippen LogP contribution in [0.2, 0.25) is 0 Å². The molecule has 2 unspecified atom stereocenters. The number of anilines is 1. The van der Waals surface area contributed by atoms with Crippen molar-refractivity contribution in [2.24, 2.45) is 0 Å². The number of H-pyrrole nitrogens is 1. The van der Waals surface area contributed by atoms with Crippen molar-refractivity contribution in [1.29, 1.82) is 0 Å². The molecule has 286 valence electrons. The Morgan fingerprint density at radius 3 is 2.25 bits per heavy atom. The summed E-state index contributed by atoms with van der Waals surface area (Å²) >= 11 is 0. The van der Waals surface area contributed by atoms with Gasteiger partial charge in [-0.3, -0.25) is 24.3 Å². The molecule has 0 saturated heterocycles. The van der Waals surface area contributed by atoms with Gasteiger partial charge in [0.05, 0.1) is 30.1 Å². The van der Waals surface area contributed by atoms with Gasteiger partial charge in [0.2, 0.25) is 12.5 Å². The van der Waals surface area contributed by atoms with Crippen LogP contribution in [0.1, 0.15) is 5.69 Å².